The molecule has 8 nitrogen and oxygen atoms in total. The zero-order chi connectivity index (χ0) is 15.0. The molecule has 2 rings (SSSR count). The lowest BCUT2D eigenvalue weighted by Gasteiger charge is -2.44. The lowest BCUT2D eigenvalue weighted by Crippen LogP contribution is -2.59. The summed E-state index contributed by atoms with van der Waals surface area (Å²) in [7, 11) is 0. The molecule has 0 bridgehead atoms. The highest BCUT2D eigenvalue weighted by atomic mass is 16.4. The van der Waals surface area contributed by atoms with Gasteiger partial charge in [-0.1, -0.05) is 0 Å². The van der Waals surface area contributed by atoms with E-state index in [4.69, 9.17) is 10.2 Å². The second kappa shape index (κ2) is 3.06. The first-order chi connectivity index (χ1) is 8.51. The van der Waals surface area contributed by atoms with Gasteiger partial charge in [-0.25, -0.2) is 0 Å². The molecule has 0 radical (unpaired) electrons. The Balaban J connectivity index is 2.66. The molecule has 104 valence electrons. The fraction of sp³-hybridized carbons (Fsp3) is 0.636. The summed E-state index contributed by atoms with van der Waals surface area (Å²) >= 11 is 0. The molecule has 0 aromatic carbocycles. The molecule has 2 fully saturated rings. The van der Waals surface area contributed by atoms with E-state index in [9.17, 15) is 29.4 Å². The Morgan fingerprint density at radius 2 is 1.32 bits per heavy atom. The highest BCUT2D eigenvalue weighted by Crippen LogP contribution is 2.89. The molecule has 5 unspecified atom stereocenters. The zero-order valence-corrected chi connectivity index (χ0v) is 10.1. The maximum Gasteiger partial charge on any atom is 0.312 e. The van der Waals surface area contributed by atoms with Crippen LogP contribution in [0.2, 0.25) is 0 Å². The molecular formula is C11H12O8. The largest absolute Gasteiger partial charge is 0.481 e. The Kier molecular flexibility index (Phi) is 2.15. The van der Waals surface area contributed by atoms with E-state index in [0.29, 0.717) is 0 Å². The van der Waals surface area contributed by atoms with E-state index in [1.165, 1.54) is 0 Å². The third kappa shape index (κ3) is 0.946. The molecule has 2 aliphatic carbocycles. The number of carboxylic acids is 4. The van der Waals surface area contributed by atoms with Crippen LogP contribution in [0.15, 0.2) is 0 Å². The fourth-order valence-corrected chi connectivity index (χ4v) is 4.20. The molecule has 8 heteroatoms. The number of fused-ring (bicyclic) bond motifs is 1. The van der Waals surface area contributed by atoms with Gasteiger partial charge in [0, 0.05) is 5.92 Å². The van der Waals surface area contributed by atoms with Crippen LogP contribution in [0.4, 0.5) is 0 Å². The predicted octanol–water partition coefficient (Wildman–Crippen LogP) is -0.417. The third-order valence-corrected chi connectivity index (χ3v) is 4.97. The van der Waals surface area contributed by atoms with Crippen LogP contribution in [0.1, 0.15) is 13.8 Å². The molecular weight excluding hydrogens is 260 g/mol. The van der Waals surface area contributed by atoms with Crippen LogP contribution >= 0.6 is 0 Å². The SMILES string of the molecule is CC1(C(=O)O)C(C(=O)O)C2(C(=O)O)C1C2(C)C(=O)O. The molecule has 0 amide bonds. The topological polar surface area (TPSA) is 149 Å². The molecule has 0 saturated heterocycles. The fourth-order valence-electron chi connectivity index (χ4n) is 4.20. The predicted molar refractivity (Wildman–Crippen MR) is 56.2 cm³/mol. The van der Waals surface area contributed by atoms with Crippen molar-refractivity contribution in [3.05, 3.63) is 0 Å². The van der Waals surface area contributed by atoms with Crippen molar-refractivity contribution < 1.29 is 39.6 Å². The van der Waals surface area contributed by atoms with Crippen molar-refractivity contribution in [3.8, 4) is 0 Å². The highest BCUT2D eigenvalue weighted by molar-refractivity contribution is 6.05. The van der Waals surface area contributed by atoms with E-state index in [1.54, 1.807) is 0 Å². The Hall–Kier alpha value is -2.12. The maximum atomic E-state index is 11.4. The molecule has 0 aliphatic heterocycles. The summed E-state index contributed by atoms with van der Waals surface area (Å²) in [6.07, 6.45) is 0. The average molecular weight is 272 g/mol. The minimum atomic E-state index is -2.04. The van der Waals surface area contributed by atoms with Crippen LogP contribution in [-0.4, -0.2) is 44.3 Å². The van der Waals surface area contributed by atoms with Gasteiger partial charge < -0.3 is 20.4 Å². The van der Waals surface area contributed by atoms with Crippen LogP contribution < -0.4 is 0 Å². The zero-order valence-electron chi connectivity index (χ0n) is 10.1. The molecule has 0 spiro atoms. The normalized spacial score (nSPS) is 46.6. The molecule has 2 saturated carbocycles. The van der Waals surface area contributed by atoms with Crippen LogP contribution in [0.3, 0.4) is 0 Å². The van der Waals surface area contributed by atoms with Gasteiger partial charge in [-0.05, 0) is 13.8 Å². The number of hydrogen-bond donors (Lipinski definition) is 4. The third-order valence-electron chi connectivity index (χ3n) is 4.97. The first-order valence-electron chi connectivity index (χ1n) is 5.44. The number of carboxylic acid groups (broad SMARTS) is 4. The van der Waals surface area contributed by atoms with E-state index in [0.717, 1.165) is 13.8 Å². The summed E-state index contributed by atoms with van der Waals surface area (Å²) in [6.45, 7) is 2.19. The van der Waals surface area contributed by atoms with Crippen molar-refractivity contribution in [2.75, 3.05) is 0 Å². The molecule has 19 heavy (non-hydrogen) atoms. The van der Waals surface area contributed by atoms with Crippen molar-refractivity contribution in [1.29, 1.82) is 0 Å². The van der Waals surface area contributed by atoms with Gasteiger partial charge in [0.1, 0.15) is 5.41 Å². The first-order valence-corrected chi connectivity index (χ1v) is 5.44. The standard InChI is InChI=1S/C11H12O8/c1-9(6(14)15)3(4(12)13)11(8(18)19)5(9)10(11,2)7(16)17/h3,5H,1-2H3,(H,12,13)(H,14,15)(H,16,17)(H,18,19). The Morgan fingerprint density at radius 3 is 1.58 bits per heavy atom. The van der Waals surface area contributed by atoms with Crippen molar-refractivity contribution in [3.63, 3.8) is 0 Å². The first kappa shape index (κ1) is 13.3. The van der Waals surface area contributed by atoms with E-state index in [1.807, 2.05) is 0 Å². The molecule has 5 atom stereocenters. The van der Waals surface area contributed by atoms with Crippen LogP contribution in [0, 0.1) is 28.1 Å². The van der Waals surface area contributed by atoms with Gasteiger partial charge in [-0.2, -0.15) is 0 Å². The van der Waals surface area contributed by atoms with Crippen LogP contribution in [-0.2, 0) is 19.2 Å². The van der Waals surface area contributed by atoms with Crippen molar-refractivity contribution >= 4 is 23.9 Å². The van der Waals surface area contributed by atoms with Gasteiger partial charge in [-0.15, -0.1) is 0 Å². The van der Waals surface area contributed by atoms with Gasteiger partial charge in [0.25, 0.3) is 0 Å². The Bertz CT molecular complexity index is 519. The summed E-state index contributed by atoms with van der Waals surface area (Å²) in [5, 5.41) is 36.7. The molecule has 4 N–H and O–H groups in total. The molecule has 2 aliphatic rings. The number of rotatable bonds is 4. The van der Waals surface area contributed by atoms with Crippen molar-refractivity contribution in [2.45, 2.75) is 13.8 Å². The van der Waals surface area contributed by atoms with Crippen molar-refractivity contribution in [2.24, 2.45) is 28.1 Å². The lowest BCUT2D eigenvalue weighted by molar-refractivity contribution is -0.189. The van der Waals surface area contributed by atoms with Crippen molar-refractivity contribution in [1.82, 2.24) is 0 Å². The van der Waals surface area contributed by atoms with E-state index in [2.05, 4.69) is 0 Å². The molecule has 0 aromatic heterocycles. The van der Waals surface area contributed by atoms with E-state index < -0.39 is 52.0 Å². The van der Waals surface area contributed by atoms with Crippen LogP contribution in [0.5, 0.6) is 0 Å². The van der Waals surface area contributed by atoms with E-state index >= 15 is 0 Å². The number of carbonyl (C=O) groups is 4. The number of aliphatic carboxylic acids is 4. The average Bonchev–Trinajstić information content (AvgIpc) is 2.74. The molecule has 0 aromatic rings. The smallest absolute Gasteiger partial charge is 0.312 e. The highest BCUT2D eigenvalue weighted by Gasteiger charge is 3.01. The maximum absolute atomic E-state index is 11.4. The lowest BCUT2D eigenvalue weighted by atomic mass is 9.54. The van der Waals surface area contributed by atoms with Gasteiger partial charge in [0.05, 0.1) is 16.7 Å². The van der Waals surface area contributed by atoms with Gasteiger partial charge in [0.15, 0.2) is 0 Å². The van der Waals surface area contributed by atoms with Gasteiger partial charge in [-0.3, -0.25) is 19.2 Å². The monoisotopic (exact) mass is 272 g/mol. The second-order valence-electron chi connectivity index (χ2n) is 5.47. The van der Waals surface area contributed by atoms with Crippen LogP contribution in [0.25, 0.3) is 0 Å². The summed E-state index contributed by atoms with van der Waals surface area (Å²) in [5.41, 5.74) is -5.82. The minimum Gasteiger partial charge on any atom is -0.481 e. The Morgan fingerprint density at radius 1 is 0.842 bits per heavy atom. The van der Waals surface area contributed by atoms with Gasteiger partial charge >= 0.3 is 23.9 Å². The second-order valence-corrected chi connectivity index (χ2v) is 5.47. The summed E-state index contributed by atoms with van der Waals surface area (Å²) in [6, 6.07) is 0. The number of hydrogen-bond acceptors (Lipinski definition) is 4. The summed E-state index contributed by atoms with van der Waals surface area (Å²) in [4.78, 5) is 45.2. The molecule has 0 heterocycles. The minimum absolute atomic E-state index is 1.09. The Labute approximate surface area is 106 Å². The van der Waals surface area contributed by atoms with Gasteiger partial charge in [0.2, 0.25) is 0 Å². The summed E-state index contributed by atoms with van der Waals surface area (Å²) < 4.78 is 0. The quantitative estimate of drug-likeness (QED) is 0.539. The summed E-state index contributed by atoms with van der Waals surface area (Å²) in [5.74, 6) is -9.16. The van der Waals surface area contributed by atoms with E-state index in [-0.39, 0.29) is 0 Å².